The highest BCUT2D eigenvalue weighted by Gasteiger charge is 2.27. The lowest BCUT2D eigenvalue weighted by Gasteiger charge is -2.32. The number of hydrogen-bond acceptors (Lipinski definition) is 7. The quantitative estimate of drug-likeness (QED) is 0.337. The Balaban J connectivity index is 1.33. The minimum atomic E-state index is -3.71. The lowest BCUT2D eigenvalue weighted by molar-refractivity contribution is -0.135. The van der Waals surface area contributed by atoms with Gasteiger partial charge in [-0.15, -0.1) is 0 Å². The smallest absolute Gasteiger partial charge is 0.248 e. The SMILES string of the molecule is COc1cc(C)c(S(=O)(=O)N(C)CCOCC(=O)N(C)CC2CCC(NC(=O)CCN3CCCC3)CC2)c(C)c1. The number of benzene rings is 1. The number of likely N-dealkylation sites (tertiary alicyclic amines) is 1. The molecule has 1 aliphatic heterocycles. The summed E-state index contributed by atoms with van der Waals surface area (Å²) >= 11 is 0. The Kier molecular flexibility index (Phi) is 12.2. The Bertz CT molecular complexity index is 1070. The van der Waals surface area contributed by atoms with Gasteiger partial charge in [-0.25, -0.2) is 8.42 Å². The fourth-order valence-corrected chi connectivity index (χ4v) is 7.28. The number of nitrogens with zero attached hydrogens (tertiary/aromatic N) is 3. The maximum Gasteiger partial charge on any atom is 0.248 e. The number of carbonyl (C=O) groups excluding carboxylic acids is 2. The predicted molar refractivity (Wildman–Crippen MR) is 155 cm³/mol. The molecule has 1 N–H and O–H groups in total. The minimum Gasteiger partial charge on any atom is -0.497 e. The van der Waals surface area contributed by atoms with Crippen LogP contribution >= 0.6 is 0 Å². The molecule has 0 unspecified atom stereocenters. The molecule has 10 nitrogen and oxygen atoms in total. The average Bonchev–Trinajstić information content (AvgIpc) is 3.44. The first-order valence-corrected chi connectivity index (χ1v) is 15.9. The van der Waals surface area contributed by atoms with Gasteiger partial charge in [-0.2, -0.15) is 4.31 Å². The van der Waals surface area contributed by atoms with E-state index in [1.165, 1.54) is 24.2 Å². The molecule has 1 saturated carbocycles. The molecule has 1 saturated heterocycles. The normalized spacial score (nSPS) is 20.1. The molecule has 1 aromatic carbocycles. The van der Waals surface area contributed by atoms with Gasteiger partial charge in [0, 0.05) is 46.2 Å². The predicted octanol–water partition coefficient (Wildman–Crippen LogP) is 2.57. The van der Waals surface area contributed by atoms with E-state index in [1.54, 1.807) is 45.0 Å². The fraction of sp³-hybridized carbons (Fsp3) is 0.724. The van der Waals surface area contributed by atoms with E-state index in [4.69, 9.17) is 9.47 Å². The van der Waals surface area contributed by atoms with Crippen LogP contribution in [0.3, 0.4) is 0 Å². The number of ether oxygens (including phenoxy) is 2. The summed E-state index contributed by atoms with van der Waals surface area (Å²) in [5.74, 6) is 1.04. The maximum absolute atomic E-state index is 13.1. The van der Waals surface area contributed by atoms with Gasteiger partial charge in [-0.3, -0.25) is 9.59 Å². The molecule has 0 bridgehead atoms. The van der Waals surface area contributed by atoms with Gasteiger partial charge in [-0.05, 0) is 94.6 Å². The van der Waals surface area contributed by atoms with Crippen molar-refractivity contribution >= 4 is 21.8 Å². The molecule has 1 aromatic rings. The van der Waals surface area contributed by atoms with E-state index in [1.807, 2.05) is 0 Å². The van der Waals surface area contributed by atoms with Crippen molar-refractivity contribution in [3.05, 3.63) is 23.3 Å². The lowest BCUT2D eigenvalue weighted by atomic mass is 9.85. The molecule has 3 rings (SSSR count). The van der Waals surface area contributed by atoms with Crippen LogP contribution in [0, 0.1) is 19.8 Å². The van der Waals surface area contributed by atoms with Crippen molar-refractivity contribution in [2.24, 2.45) is 5.92 Å². The van der Waals surface area contributed by atoms with Crippen LogP contribution in [0.1, 0.15) is 56.1 Å². The second-order valence-corrected chi connectivity index (χ2v) is 13.3. The molecule has 0 atom stereocenters. The van der Waals surface area contributed by atoms with Crippen molar-refractivity contribution in [2.45, 2.75) is 69.7 Å². The van der Waals surface area contributed by atoms with Crippen molar-refractivity contribution in [3.63, 3.8) is 0 Å². The van der Waals surface area contributed by atoms with E-state index in [-0.39, 0.29) is 42.5 Å². The molecule has 40 heavy (non-hydrogen) atoms. The van der Waals surface area contributed by atoms with Crippen LogP contribution in [-0.4, -0.2) is 108 Å². The monoisotopic (exact) mass is 580 g/mol. The number of sulfonamides is 1. The highest BCUT2D eigenvalue weighted by molar-refractivity contribution is 7.89. The first-order chi connectivity index (χ1) is 19.0. The lowest BCUT2D eigenvalue weighted by Crippen LogP contribution is -2.41. The number of methoxy groups -OCH3 is 1. The Morgan fingerprint density at radius 1 is 1.05 bits per heavy atom. The minimum absolute atomic E-state index is 0.0899. The molecule has 2 amide bonds. The first-order valence-electron chi connectivity index (χ1n) is 14.5. The second kappa shape index (κ2) is 15.1. The molecule has 2 fully saturated rings. The van der Waals surface area contributed by atoms with Gasteiger partial charge in [0.2, 0.25) is 21.8 Å². The zero-order valence-corrected chi connectivity index (χ0v) is 25.7. The largest absolute Gasteiger partial charge is 0.497 e. The molecule has 0 radical (unpaired) electrons. The second-order valence-electron chi connectivity index (χ2n) is 11.3. The summed E-state index contributed by atoms with van der Waals surface area (Å²) in [6.07, 6.45) is 6.87. The molecule has 0 spiro atoms. The Labute approximate surface area is 240 Å². The van der Waals surface area contributed by atoms with Gasteiger partial charge >= 0.3 is 0 Å². The topological polar surface area (TPSA) is 108 Å². The third-order valence-electron chi connectivity index (χ3n) is 8.14. The molecule has 1 heterocycles. The number of amides is 2. The van der Waals surface area contributed by atoms with Crippen LogP contribution in [0.5, 0.6) is 5.75 Å². The zero-order chi connectivity index (χ0) is 29.3. The summed E-state index contributed by atoms with van der Waals surface area (Å²) < 4.78 is 38.3. The Morgan fingerprint density at radius 3 is 2.27 bits per heavy atom. The Hall–Kier alpha value is -2.21. The summed E-state index contributed by atoms with van der Waals surface area (Å²) in [6, 6.07) is 3.64. The number of carbonyl (C=O) groups is 2. The van der Waals surface area contributed by atoms with Crippen LogP contribution in [0.4, 0.5) is 0 Å². The van der Waals surface area contributed by atoms with Crippen molar-refractivity contribution in [2.75, 3.05) is 67.1 Å². The third kappa shape index (κ3) is 9.15. The summed E-state index contributed by atoms with van der Waals surface area (Å²) in [4.78, 5) is 29.3. The van der Waals surface area contributed by atoms with Crippen molar-refractivity contribution < 1.29 is 27.5 Å². The number of likely N-dealkylation sites (N-methyl/N-ethyl adjacent to an activating group) is 2. The third-order valence-corrected chi connectivity index (χ3v) is 10.3. The van der Waals surface area contributed by atoms with Gasteiger partial charge in [0.1, 0.15) is 12.4 Å². The van der Waals surface area contributed by atoms with E-state index in [9.17, 15) is 18.0 Å². The number of rotatable bonds is 14. The van der Waals surface area contributed by atoms with E-state index in [0.29, 0.717) is 35.8 Å². The molecule has 2 aliphatic rings. The van der Waals surface area contributed by atoms with Gasteiger partial charge in [-0.1, -0.05) is 0 Å². The molecule has 11 heteroatoms. The number of hydrogen-bond donors (Lipinski definition) is 1. The summed E-state index contributed by atoms with van der Waals surface area (Å²) in [5.41, 5.74) is 1.24. The highest BCUT2D eigenvalue weighted by atomic mass is 32.2. The van der Waals surface area contributed by atoms with Crippen LogP contribution < -0.4 is 10.1 Å². The van der Waals surface area contributed by atoms with Crippen LogP contribution in [0.15, 0.2) is 17.0 Å². The van der Waals surface area contributed by atoms with E-state index in [2.05, 4.69) is 10.2 Å². The fourth-order valence-electron chi connectivity index (χ4n) is 5.72. The standard InChI is InChI=1S/C29H48N4O6S/c1-22-18-26(38-5)19-23(2)29(22)40(36,37)32(4)16-17-39-21-28(35)31(3)20-24-8-10-25(11-9-24)30-27(34)12-15-33-13-6-7-14-33/h18-19,24-25H,6-17,20-21H2,1-5H3,(H,30,34). The molecular formula is C29H48N4O6S. The number of aryl methyl sites for hydroxylation is 2. The first kappa shape index (κ1) is 32.3. The molecule has 1 aliphatic carbocycles. The highest BCUT2D eigenvalue weighted by Crippen LogP contribution is 2.28. The van der Waals surface area contributed by atoms with Gasteiger partial charge in [0.05, 0.1) is 18.6 Å². The van der Waals surface area contributed by atoms with E-state index < -0.39 is 10.0 Å². The van der Waals surface area contributed by atoms with E-state index in [0.717, 1.165) is 45.3 Å². The van der Waals surface area contributed by atoms with Crippen LogP contribution in [-0.2, 0) is 24.3 Å². The van der Waals surface area contributed by atoms with Crippen LogP contribution in [0.2, 0.25) is 0 Å². The summed E-state index contributed by atoms with van der Waals surface area (Å²) in [5, 5.41) is 3.20. The summed E-state index contributed by atoms with van der Waals surface area (Å²) in [6.45, 7) is 7.39. The van der Waals surface area contributed by atoms with E-state index >= 15 is 0 Å². The van der Waals surface area contributed by atoms with Crippen molar-refractivity contribution in [1.29, 1.82) is 0 Å². The van der Waals surface area contributed by atoms with Crippen molar-refractivity contribution in [1.82, 2.24) is 19.4 Å². The Morgan fingerprint density at radius 2 is 1.68 bits per heavy atom. The molecule has 0 aromatic heterocycles. The zero-order valence-electron chi connectivity index (χ0n) is 24.9. The van der Waals surface area contributed by atoms with Crippen molar-refractivity contribution in [3.8, 4) is 5.75 Å². The molecule has 226 valence electrons. The van der Waals surface area contributed by atoms with Gasteiger partial charge < -0.3 is 24.6 Å². The average molecular weight is 581 g/mol. The summed E-state index contributed by atoms with van der Waals surface area (Å²) in [7, 11) is 1.14. The molecular weight excluding hydrogens is 532 g/mol. The van der Waals surface area contributed by atoms with Crippen LogP contribution in [0.25, 0.3) is 0 Å². The maximum atomic E-state index is 13.1. The van der Waals surface area contributed by atoms with Gasteiger partial charge in [0.15, 0.2) is 0 Å². The number of nitrogens with one attached hydrogen (secondary N) is 1. The van der Waals surface area contributed by atoms with Gasteiger partial charge in [0.25, 0.3) is 0 Å².